The van der Waals surface area contributed by atoms with E-state index in [2.05, 4.69) is 0 Å². The Balaban J connectivity index is 4.04. The van der Waals surface area contributed by atoms with Crippen LogP contribution < -0.4 is 0 Å². The molecule has 4 heteroatoms. The molecule has 12 heavy (non-hydrogen) atoms. The Morgan fingerprint density at radius 3 is 1.58 bits per heavy atom. The third-order valence-corrected chi connectivity index (χ3v) is 5.07. The van der Waals surface area contributed by atoms with Crippen molar-refractivity contribution in [2.24, 2.45) is 0 Å². The molecule has 0 amide bonds. The zero-order valence-corrected chi connectivity index (χ0v) is 10.3. The van der Waals surface area contributed by atoms with Crippen LogP contribution in [0.3, 0.4) is 0 Å². The molecule has 0 aromatic carbocycles. The van der Waals surface area contributed by atoms with Gasteiger partial charge in [0.1, 0.15) is 0 Å². The van der Waals surface area contributed by atoms with E-state index in [1.54, 1.807) is 0 Å². The lowest BCUT2D eigenvalue weighted by molar-refractivity contribution is 0.122. The Kier molecular flexibility index (Phi) is 5.41. The lowest BCUT2D eigenvalue weighted by Gasteiger charge is -2.27. The molecule has 0 N–H and O–H groups in total. The molecule has 0 saturated heterocycles. The van der Waals surface area contributed by atoms with Crippen LogP contribution in [0.2, 0.25) is 6.04 Å². The van der Waals surface area contributed by atoms with Crippen molar-refractivity contribution in [1.82, 2.24) is 0 Å². The van der Waals surface area contributed by atoms with E-state index in [9.17, 15) is 0 Å². The van der Waals surface area contributed by atoms with E-state index in [0.29, 0.717) is 0 Å². The van der Waals surface area contributed by atoms with Crippen LogP contribution >= 0.6 is 11.1 Å². The maximum atomic E-state index is 6.21. The van der Waals surface area contributed by atoms with Gasteiger partial charge in [-0.1, -0.05) is 18.0 Å². The number of hydrogen-bond donors (Lipinski definition) is 0. The minimum Gasteiger partial charge on any atom is -0.381 e. The summed E-state index contributed by atoms with van der Waals surface area (Å²) in [5, 5.41) is 0. The lowest BCUT2D eigenvalue weighted by Crippen LogP contribution is -2.39. The summed E-state index contributed by atoms with van der Waals surface area (Å²) in [4.78, 5) is 0. The molecule has 0 bridgehead atoms. The van der Waals surface area contributed by atoms with Crippen molar-refractivity contribution < 1.29 is 8.85 Å². The first-order chi connectivity index (χ1) is 5.39. The Labute approximate surface area is 81.2 Å². The summed E-state index contributed by atoms with van der Waals surface area (Å²) in [7, 11) is -2.38. The van der Waals surface area contributed by atoms with Crippen molar-refractivity contribution in [2.45, 2.75) is 52.9 Å². The van der Waals surface area contributed by atoms with Gasteiger partial charge in [0.2, 0.25) is 0 Å². The summed E-state index contributed by atoms with van der Waals surface area (Å²) >= 11 is 6.21. The fourth-order valence-corrected chi connectivity index (χ4v) is 3.76. The number of hydrogen-bond acceptors (Lipinski definition) is 2. The fourth-order valence-electron chi connectivity index (χ4n) is 0.898. The van der Waals surface area contributed by atoms with Crippen molar-refractivity contribution in [3.63, 3.8) is 0 Å². The second-order valence-corrected chi connectivity index (χ2v) is 7.57. The van der Waals surface area contributed by atoms with Gasteiger partial charge in [-0.3, -0.25) is 0 Å². The first-order valence-electron chi connectivity index (χ1n) is 4.44. The van der Waals surface area contributed by atoms with Crippen molar-refractivity contribution in [3.8, 4) is 0 Å². The summed E-state index contributed by atoms with van der Waals surface area (Å²) < 4.78 is 11.2. The van der Waals surface area contributed by atoms with E-state index in [0.717, 1.165) is 6.04 Å². The Bertz CT molecular complexity index is 118. The van der Waals surface area contributed by atoms with Gasteiger partial charge in [-0.05, 0) is 27.7 Å². The number of rotatable bonds is 5. The van der Waals surface area contributed by atoms with E-state index in [-0.39, 0.29) is 12.2 Å². The highest BCUT2D eigenvalue weighted by atomic mass is 35.6. The molecule has 0 aliphatic rings. The quantitative estimate of drug-likeness (QED) is 0.513. The summed E-state index contributed by atoms with van der Waals surface area (Å²) in [6.45, 7) is 9.91. The van der Waals surface area contributed by atoms with Gasteiger partial charge >= 0.3 is 7.87 Å². The molecule has 74 valence electrons. The molecule has 0 fully saturated rings. The van der Waals surface area contributed by atoms with Crippen LogP contribution in [-0.4, -0.2) is 20.1 Å². The molecule has 0 aromatic rings. The number of halogens is 1. The second-order valence-electron chi connectivity index (χ2n) is 3.35. The molecule has 0 aliphatic carbocycles. The predicted octanol–water partition coefficient (Wildman–Crippen LogP) is 3.03. The minimum atomic E-state index is -2.38. The van der Waals surface area contributed by atoms with Crippen LogP contribution in [0.15, 0.2) is 0 Å². The van der Waals surface area contributed by atoms with Crippen LogP contribution in [0.25, 0.3) is 0 Å². The van der Waals surface area contributed by atoms with Gasteiger partial charge in [0, 0.05) is 18.3 Å². The zero-order valence-electron chi connectivity index (χ0n) is 8.56. The largest absolute Gasteiger partial charge is 0.443 e. The monoisotopic (exact) mass is 210 g/mol. The van der Waals surface area contributed by atoms with E-state index in [1.165, 1.54) is 0 Å². The third kappa shape index (κ3) is 5.14. The SMILES string of the molecule is CC[Si](Cl)(OC(C)C)OC(C)C. The van der Waals surface area contributed by atoms with Crippen molar-refractivity contribution in [1.29, 1.82) is 0 Å². The Morgan fingerprint density at radius 1 is 1.08 bits per heavy atom. The van der Waals surface area contributed by atoms with E-state index >= 15 is 0 Å². The van der Waals surface area contributed by atoms with Gasteiger partial charge in [0.25, 0.3) is 0 Å². The average Bonchev–Trinajstić information content (AvgIpc) is 1.83. The van der Waals surface area contributed by atoms with Crippen LogP contribution in [0.1, 0.15) is 34.6 Å². The lowest BCUT2D eigenvalue weighted by atomic mass is 10.5. The van der Waals surface area contributed by atoms with Crippen molar-refractivity contribution in [3.05, 3.63) is 0 Å². The van der Waals surface area contributed by atoms with Crippen LogP contribution in [-0.2, 0) is 8.85 Å². The molecule has 0 atom stereocenters. The highest BCUT2D eigenvalue weighted by Gasteiger charge is 2.35. The fraction of sp³-hybridized carbons (Fsp3) is 1.00. The molecular weight excluding hydrogens is 192 g/mol. The van der Waals surface area contributed by atoms with Gasteiger partial charge in [0.05, 0.1) is 0 Å². The van der Waals surface area contributed by atoms with Crippen LogP contribution in [0, 0.1) is 0 Å². The van der Waals surface area contributed by atoms with Gasteiger partial charge < -0.3 is 8.85 Å². The average molecular weight is 211 g/mol. The minimum absolute atomic E-state index is 0.146. The molecular formula is C8H19ClO2Si. The topological polar surface area (TPSA) is 18.5 Å². The van der Waals surface area contributed by atoms with Crippen molar-refractivity contribution >= 4 is 18.9 Å². The van der Waals surface area contributed by atoms with Gasteiger partial charge in [-0.25, -0.2) is 0 Å². The summed E-state index contributed by atoms with van der Waals surface area (Å²) in [6.07, 6.45) is 0.292. The highest BCUT2D eigenvalue weighted by Crippen LogP contribution is 2.21. The van der Waals surface area contributed by atoms with E-state index < -0.39 is 7.87 Å². The maximum Gasteiger partial charge on any atom is 0.443 e. The molecule has 0 aliphatic heterocycles. The molecule has 0 aromatic heterocycles. The molecule has 0 rings (SSSR count). The molecule has 0 saturated carbocycles. The van der Waals surface area contributed by atoms with E-state index in [4.69, 9.17) is 19.9 Å². The summed E-state index contributed by atoms with van der Waals surface area (Å²) in [5.41, 5.74) is 0. The summed E-state index contributed by atoms with van der Waals surface area (Å²) in [6, 6.07) is 0.783. The maximum absolute atomic E-state index is 6.21. The third-order valence-electron chi connectivity index (χ3n) is 1.25. The standard InChI is InChI=1S/C8H19ClO2Si/c1-6-12(9,10-7(2)3)11-8(4)5/h7-8H,6H2,1-5H3. The predicted molar refractivity (Wildman–Crippen MR) is 54.5 cm³/mol. The smallest absolute Gasteiger partial charge is 0.381 e. The first kappa shape index (κ1) is 12.4. The van der Waals surface area contributed by atoms with E-state index in [1.807, 2.05) is 34.6 Å². The van der Waals surface area contributed by atoms with Gasteiger partial charge in [0.15, 0.2) is 0 Å². The van der Waals surface area contributed by atoms with Crippen LogP contribution in [0.4, 0.5) is 0 Å². The second kappa shape index (κ2) is 5.22. The molecule has 0 heterocycles. The molecule has 2 nitrogen and oxygen atoms in total. The zero-order chi connectivity index (χ0) is 9.78. The molecule has 0 radical (unpaired) electrons. The molecule has 0 unspecified atom stereocenters. The Hall–Kier alpha value is 0.427. The first-order valence-corrected chi connectivity index (χ1v) is 7.47. The van der Waals surface area contributed by atoms with Crippen LogP contribution in [0.5, 0.6) is 0 Å². The summed E-state index contributed by atoms with van der Waals surface area (Å²) in [5.74, 6) is 0. The van der Waals surface area contributed by atoms with Gasteiger partial charge in [-0.2, -0.15) is 0 Å². The Morgan fingerprint density at radius 2 is 1.42 bits per heavy atom. The van der Waals surface area contributed by atoms with Crippen molar-refractivity contribution in [2.75, 3.05) is 0 Å². The van der Waals surface area contributed by atoms with Gasteiger partial charge in [-0.15, -0.1) is 0 Å². The normalized spacial score (nSPS) is 13.0. The highest BCUT2D eigenvalue weighted by molar-refractivity contribution is 7.12. The molecule has 0 spiro atoms.